The van der Waals surface area contributed by atoms with Crippen molar-refractivity contribution in [1.82, 2.24) is 14.7 Å². The third-order valence-corrected chi connectivity index (χ3v) is 6.33. The normalized spacial score (nSPS) is 27.6. The monoisotopic (exact) mass is 336 g/mol. The van der Waals surface area contributed by atoms with Crippen molar-refractivity contribution >= 4 is 5.91 Å². The highest BCUT2D eigenvalue weighted by atomic mass is 16.2. The second-order valence-corrected chi connectivity index (χ2v) is 7.75. The highest BCUT2D eigenvalue weighted by Crippen LogP contribution is 2.38. The fourth-order valence-electron chi connectivity index (χ4n) is 5.02. The topological polar surface area (TPSA) is 64.2 Å². The smallest absolute Gasteiger partial charge is 0.274 e. The van der Waals surface area contributed by atoms with Gasteiger partial charge in [0.05, 0.1) is 5.69 Å². The van der Waals surface area contributed by atoms with E-state index in [1.807, 2.05) is 27.8 Å². The van der Waals surface area contributed by atoms with E-state index in [0.29, 0.717) is 17.5 Å². The summed E-state index contributed by atoms with van der Waals surface area (Å²) < 4.78 is 1.98. The summed E-state index contributed by atoms with van der Waals surface area (Å²) in [4.78, 5) is 15.2. The van der Waals surface area contributed by atoms with Gasteiger partial charge in [0.1, 0.15) is 0 Å². The minimum absolute atomic E-state index is 0.106. The van der Waals surface area contributed by atoms with Gasteiger partial charge >= 0.3 is 0 Å². The Bertz CT molecular complexity index is 813. The minimum atomic E-state index is 0.106. The largest absolute Gasteiger partial charge is 0.337 e. The van der Waals surface area contributed by atoms with Crippen LogP contribution >= 0.6 is 0 Å². The van der Waals surface area contributed by atoms with E-state index < -0.39 is 0 Å². The Hall–Kier alpha value is -2.14. The lowest BCUT2D eigenvalue weighted by molar-refractivity contribution is 0.0772. The first kappa shape index (κ1) is 15.1. The van der Waals surface area contributed by atoms with Gasteiger partial charge in [-0.3, -0.25) is 4.79 Å². The van der Waals surface area contributed by atoms with Gasteiger partial charge in [-0.25, -0.2) is 4.68 Å². The SMILES string of the molecule is NC1CCC2CN(C(=O)c3nn(-c4ccccc4)c4c3CCC4)CC12. The second-order valence-electron chi connectivity index (χ2n) is 7.75. The van der Waals surface area contributed by atoms with E-state index >= 15 is 0 Å². The van der Waals surface area contributed by atoms with Crippen molar-refractivity contribution in [2.45, 2.75) is 38.1 Å². The summed E-state index contributed by atoms with van der Waals surface area (Å²) in [6.45, 7) is 1.65. The van der Waals surface area contributed by atoms with Crippen molar-refractivity contribution in [2.75, 3.05) is 13.1 Å². The number of para-hydroxylation sites is 1. The number of benzene rings is 1. The highest BCUT2D eigenvalue weighted by molar-refractivity contribution is 5.94. The third kappa shape index (κ3) is 2.33. The molecule has 3 aliphatic rings. The van der Waals surface area contributed by atoms with Crippen LogP contribution in [0.4, 0.5) is 0 Å². The summed E-state index contributed by atoms with van der Waals surface area (Å²) in [5.41, 5.74) is 10.3. The number of carbonyl (C=O) groups is 1. The van der Waals surface area contributed by atoms with Crippen LogP contribution in [0.3, 0.4) is 0 Å². The van der Waals surface area contributed by atoms with Gasteiger partial charge in [0.2, 0.25) is 0 Å². The van der Waals surface area contributed by atoms with E-state index in [4.69, 9.17) is 10.8 Å². The van der Waals surface area contributed by atoms with Gasteiger partial charge < -0.3 is 10.6 Å². The lowest BCUT2D eigenvalue weighted by atomic mass is 9.98. The average molecular weight is 336 g/mol. The molecule has 130 valence electrons. The molecule has 1 aliphatic heterocycles. The molecule has 0 radical (unpaired) electrons. The van der Waals surface area contributed by atoms with Crippen LogP contribution in [0, 0.1) is 11.8 Å². The molecule has 0 bridgehead atoms. The average Bonchev–Trinajstić information content (AvgIpc) is 3.37. The fourth-order valence-corrected chi connectivity index (χ4v) is 5.02. The summed E-state index contributed by atoms with van der Waals surface area (Å²) in [6, 6.07) is 10.4. The van der Waals surface area contributed by atoms with E-state index in [-0.39, 0.29) is 11.9 Å². The van der Waals surface area contributed by atoms with Crippen LogP contribution in [-0.4, -0.2) is 39.7 Å². The van der Waals surface area contributed by atoms with Gasteiger partial charge in [0, 0.05) is 30.4 Å². The zero-order valence-electron chi connectivity index (χ0n) is 14.4. The van der Waals surface area contributed by atoms with Crippen molar-refractivity contribution in [1.29, 1.82) is 0 Å². The molecule has 2 aromatic rings. The minimum Gasteiger partial charge on any atom is -0.337 e. The summed E-state index contributed by atoms with van der Waals surface area (Å²) in [7, 11) is 0. The van der Waals surface area contributed by atoms with Crippen molar-refractivity contribution < 1.29 is 4.79 Å². The number of fused-ring (bicyclic) bond motifs is 2. The number of aromatic nitrogens is 2. The number of amides is 1. The molecule has 1 saturated carbocycles. The van der Waals surface area contributed by atoms with E-state index in [1.54, 1.807) is 0 Å². The fraction of sp³-hybridized carbons (Fsp3) is 0.500. The van der Waals surface area contributed by atoms with Crippen LogP contribution in [0.2, 0.25) is 0 Å². The van der Waals surface area contributed by atoms with E-state index in [2.05, 4.69) is 12.1 Å². The van der Waals surface area contributed by atoms with Crippen molar-refractivity contribution in [2.24, 2.45) is 17.6 Å². The standard InChI is InChI=1S/C20H24N4O/c21-17-10-9-13-11-23(12-16(13)17)20(25)19-15-7-4-8-18(15)24(22-19)14-5-2-1-3-6-14/h1-3,5-6,13,16-17H,4,7-12,21H2. The third-order valence-electron chi connectivity index (χ3n) is 6.33. The summed E-state index contributed by atoms with van der Waals surface area (Å²) in [5, 5.41) is 4.75. The van der Waals surface area contributed by atoms with Crippen molar-refractivity contribution in [3.8, 4) is 5.69 Å². The van der Waals surface area contributed by atoms with Crippen LogP contribution in [-0.2, 0) is 12.8 Å². The molecule has 5 nitrogen and oxygen atoms in total. The van der Waals surface area contributed by atoms with Crippen LogP contribution in [0.5, 0.6) is 0 Å². The highest BCUT2D eigenvalue weighted by Gasteiger charge is 2.43. The molecule has 0 spiro atoms. The van der Waals surface area contributed by atoms with Gasteiger partial charge in [-0.1, -0.05) is 18.2 Å². The van der Waals surface area contributed by atoms with Gasteiger partial charge in [-0.05, 0) is 56.1 Å². The molecule has 1 amide bonds. The molecule has 3 atom stereocenters. The Balaban J connectivity index is 1.48. The van der Waals surface area contributed by atoms with E-state index in [9.17, 15) is 4.79 Å². The van der Waals surface area contributed by atoms with Crippen LogP contribution in [0.1, 0.15) is 41.0 Å². The molecule has 25 heavy (non-hydrogen) atoms. The lowest BCUT2D eigenvalue weighted by Crippen LogP contribution is -2.34. The van der Waals surface area contributed by atoms with E-state index in [1.165, 1.54) is 5.69 Å². The first-order valence-corrected chi connectivity index (χ1v) is 9.43. The molecule has 1 aromatic carbocycles. The first-order chi connectivity index (χ1) is 12.2. The number of carbonyl (C=O) groups excluding carboxylic acids is 1. The molecule has 5 rings (SSSR count). The van der Waals surface area contributed by atoms with Gasteiger partial charge in [0.15, 0.2) is 5.69 Å². The maximum atomic E-state index is 13.2. The Morgan fingerprint density at radius 3 is 2.76 bits per heavy atom. The zero-order valence-corrected chi connectivity index (χ0v) is 14.4. The van der Waals surface area contributed by atoms with Gasteiger partial charge in [-0.15, -0.1) is 0 Å². The van der Waals surface area contributed by atoms with E-state index in [0.717, 1.165) is 56.4 Å². The van der Waals surface area contributed by atoms with Gasteiger partial charge in [-0.2, -0.15) is 5.10 Å². The quantitative estimate of drug-likeness (QED) is 0.914. The van der Waals surface area contributed by atoms with Crippen LogP contribution in [0.15, 0.2) is 30.3 Å². The molecule has 2 fully saturated rings. The van der Waals surface area contributed by atoms with Crippen LogP contribution < -0.4 is 5.73 Å². The maximum Gasteiger partial charge on any atom is 0.274 e. The number of nitrogens with zero attached hydrogens (tertiary/aromatic N) is 3. The van der Waals surface area contributed by atoms with Gasteiger partial charge in [0.25, 0.3) is 5.91 Å². The molecule has 5 heteroatoms. The summed E-state index contributed by atoms with van der Waals surface area (Å²) in [5.74, 6) is 1.17. The Morgan fingerprint density at radius 1 is 1.12 bits per heavy atom. The predicted octanol–water partition coefficient (Wildman–Crippen LogP) is 2.17. The first-order valence-electron chi connectivity index (χ1n) is 9.43. The van der Waals surface area contributed by atoms with Crippen molar-refractivity contribution in [3.05, 3.63) is 47.3 Å². The Kier molecular flexibility index (Phi) is 3.45. The number of rotatable bonds is 2. The summed E-state index contributed by atoms with van der Waals surface area (Å²) in [6.07, 6.45) is 5.34. The number of hydrogen-bond acceptors (Lipinski definition) is 3. The Morgan fingerprint density at radius 2 is 1.96 bits per heavy atom. The second kappa shape index (κ2) is 5.70. The lowest BCUT2D eigenvalue weighted by Gasteiger charge is -2.18. The summed E-state index contributed by atoms with van der Waals surface area (Å²) >= 11 is 0. The van der Waals surface area contributed by atoms with Crippen LogP contribution in [0.25, 0.3) is 5.69 Å². The molecule has 2 heterocycles. The number of likely N-dealkylation sites (tertiary alicyclic amines) is 1. The molecule has 3 unspecified atom stereocenters. The zero-order chi connectivity index (χ0) is 17.0. The number of hydrogen-bond donors (Lipinski definition) is 1. The maximum absolute atomic E-state index is 13.2. The Labute approximate surface area is 147 Å². The molecule has 1 aromatic heterocycles. The predicted molar refractivity (Wildman–Crippen MR) is 95.7 cm³/mol. The number of nitrogens with two attached hydrogens (primary N) is 1. The van der Waals surface area contributed by atoms with Crippen molar-refractivity contribution in [3.63, 3.8) is 0 Å². The molecule has 1 saturated heterocycles. The molecule has 2 aliphatic carbocycles. The molecular formula is C20H24N4O. The molecular weight excluding hydrogens is 312 g/mol. The molecule has 2 N–H and O–H groups in total.